The molecule has 0 aliphatic carbocycles. The Labute approximate surface area is 233 Å². The number of rotatable bonds is 9. The zero-order valence-corrected chi connectivity index (χ0v) is 23.3. The minimum atomic E-state index is -1.01. The summed E-state index contributed by atoms with van der Waals surface area (Å²) in [4.78, 5) is 41.0. The maximum Gasteiger partial charge on any atom is 0.249 e. The van der Waals surface area contributed by atoms with Crippen LogP contribution in [-0.4, -0.2) is 44.9 Å². The molecule has 40 heavy (non-hydrogen) atoms. The van der Waals surface area contributed by atoms with Crippen LogP contribution in [-0.2, 0) is 20.9 Å². The van der Waals surface area contributed by atoms with E-state index >= 15 is 0 Å². The quantitative estimate of drug-likeness (QED) is 0.322. The minimum Gasteiger partial charge on any atom is -0.494 e. The van der Waals surface area contributed by atoms with Crippen LogP contribution in [0.5, 0.6) is 5.75 Å². The number of carbonyl (C=O) groups excluding carboxylic acids is 3. The minimum absolute atomic E-state index is 0.149. The van der Waals surface area contributed by atoms with Crippen LogP contribution in [0, 0.1) is 0 Å². The van der Waals surface area contributed by atoms with Crippen LogP contribution >= 0.6 is 0 Å². The van der Waals surface area contributed by atoms with Gasteiger partial charge in [0.15, 0.2) is 0 Å². The molecule has 10 nitrogen and oxygen atoms in total. The van der Waals surface area contributed by atoms with Gasteiger partial charge >= 0.3 is 0 Å². The molecule has 0 aliphatic heterocycles. The summed E-state index contributed by atoms with van der Waals surface area (Å²) < 4.78 is 7.12. The fourth-order valence-corrected chi connectivity index (χ4v) is 4.35. The Bertz CT molecular complexity index is 1490. The van der Waals surface area contributed by atoms with Crippen molar-refractivity contribution in [2.24, 2.45) is 0 Å². The van der Waals surface area contributed by atoms with Crippen LogP contribution in [0.1, 0.15) is 46.2 Å². The van der Waals surface area contributed by atoms with E-state index in [1.54, 1.807) is 48.5 Å². The van der Waals surface area contributed by atoms with Crippen molar-refractivity contribution in [3.8, 4) is 5.75 Å². The summed E-state index contributed by atoms with van der Waals surface area (Å²) in [7, 11) is 0. The number of anilines is 2. The normalized spacial score (nSPS) is 12.0. The maximum absolute atomic E-state index is 14.1. The number of amides is 3. The lowest BCUT2D eigenvalue weighted by atomic mass is 10.0. The summed E-state index contributed by atoms with van der Waals surface area (Å²) in [5.41, 5.74) is 2.47. The largest absolute Gasteiger partial charge is 0.494 e. The average molecular weight is 543 g/mol. The molecule has 3 amide bonds. The summed E-state index contributed by atoms with van der Waals surface area (Å²) >= 11 is 0. The third-order valence-electron chi connectivity index (χ3n) is 5.95. The molecular formula is C30H34N6O4. The smallest absolute Gasteiger partial charge is 0.249 e. The van der Waals surface area contributed by atoms with E-state index in [2.05, 4.69) is 20.9 Å². The molecule has 0 aliphatic rings. The van der Waals surface area contributed by atoms with Gasteiger partial charge in [-0.2, -0.15) is 0 Å². The SMILES string of the molecule is CCOc1ccc([C@H](C(=O)NC(C)(C)C)N(C(=O)Cn2nnc3ccccc32)c2ccc(NC(C)=O)cc2)cc1. The molecule has 10 heteroatoms. The topological polar surface area (TPSA) is 118 Å². The van der Waals surface area contributed by atoms with Crippen molar-refractivity contribution in [2.45, 2.75) is 52.7 Å². The zero-order chi connectivity index (χ0) is 28.9. The molecule has 0 spiro atoms. The molecule has 0 saturated carbocycles. The second-order valence-corrected chi connectivity index (χ2v) is 10.4. The van der Waals surface area contributed by atoms with E-state index in [0.717, 1.165) is 0 Å². The maximum atomic E-state index is 14.1. The summed E-state index contributed by atoms with van der Waals surface area (Å²) in [6.07, 6.45) is 0. The molecule has 208 valence electrons. The van der Waals surface area contributed by atoms with Crippen LogP contribution in [0.15, 0.2) is 72.8 Å². The van der Waals surface area contributed by atoms with E-state index in [9.17, 15) is 14.4 Å². The van der Waals surface area contributed by atoms with Gasteiger partial charge in [-0.25, -0.2) is 4.68 Å². The second-order valence-electron chi connectivity index (χ2n) is 10.4. The van der Waals surface area contributed by atoms with Crippen molar-refractivity contribution in [3.63, 3.8) is 0 Å². The molecule has 0 bridgehead atoms. The third-order valence-corrected chi connectivity index (χ3v) is 5.95. The molecule has 2 N–H and O–H groups in total. The lowest BCUT2D eigenvalue weighted by Gasteiger charge is -2.34. The number of nitrogens with zero attached hydrogens (tertiary/aromatic N) is 4. The van der Waals surface area contributed by atoms with Crippen LogP contribution in [0.2, 0.25) is 0 Å². The number of hydrogen-bond acceptors (Lipinski definition) is 6. The van der Waals surface area contributed by atoms with Crippen LogP contribution in [0.25, 0.3) is 11.0 Å². The van der Waals surface area contributed by atoms with Gasteiger partial charge in [-0.1, -0.05) is 29.5 Å². The van der Waals surface area contributed by atoms with E-state index in [-0.39, 0.29) is 24.3 Å². The molecule has 4 rings (SSSR count). The highest BCUT2D eigenvalue weighted by Gasteiger charge is 2.35. The van der Waals surface area contributed by atoms with Gasteiger partial charge in [0, 0.05) is 23.8 Å². The highest BCUT2D eigenvalue weighted by atomic mass is 16.5. The number of carbonyl (C=O) groups is 3. The van der Waals surface area contributed by atoms with Crippen molar-refractivity contribution >= 4 is 40.1 Å². The highest BCUT2D eigenvalue weighted by molar-refractivity contribution is 6.02. The highest BCUT2D eigenvalue weighted by Crippen LogP contribution is 2.31. The number of aromatic nitrogens is 3. The zero-order valence-electron chi connectivity index (χ0n) is 23.3. The molecule has 1 atom stereocenters. The van der Waals surface area contributed by atoms with Gasteiger partial charge in [-0.3, -0.25) is 19.3 Å². The van der Waals surface area contributed by atoms with E-state index in [4.69, 9.17) is 4.74 Å². The van der Waals surface area contributed by atoms with Crippen LogP contribution < -0.4 is 20.3 Å². The Kier molecular flexibility index (Phi) is 8.47. The average Bonchev–Trinajstić information content (AvgIpc) is 3.30. The Hall–Kier alpha value is -4.73. The predicted octanol–water partition coefficient (Wildman–Crippen LogP) is 4.48. The van der Waals surface area contributed by atoms with Gasteiger partial charge in [-0.05, 0) is 81.8 Å². The van der Waals surface area contributed by atoms with Crippen molar-refractivity contribution < 1.29 is 19.1 Å². The lowest BCUT2D eigenvalue weighted by molar-refractivity contribution is -0.128. The summed E-state index contributed by atoms with van der Waals surface area (Å²) in [6.45, 7) is 9.33. The lowest BCUT2D eigenvalue weighted by Crippen LogP contribution is -2.50. The molecule has 4 aromatic rings. The van der Waals surface area contributed by atoms with E-state index in [1.165, 1.54) is 16.5 Å². The number of fused-ring (bicyclic) bond motifs is 1. The Morgan fingerprint density at radius 2 is 1.65 bits per heavy atom. The third kappa shape index (κ3) is 6.82. The molecule has 0 fully saturated rings. The van der Waals surface area contributed by atoms with Crippen LogP contribution in [0.4, 0.5) is 11.4 Å². The van der Waals surface area contributed by atoms with Gasteiger partial charge < -0.3 is 15.4 Å². The Balaban J connectivity index is 1.81. The van der Waals surface area contributed by atoms with Gasteiger partial charge in [0.2, 0.25) is 17.7 Å². The molecule has 1 heterocycles. The Morgan fingerprint density at radius 3 is 2.27 bits per heavy atom. The van der Waals surface area contributed by atoms with Gasteiger partial charge in [-0.15, -0.1) is 5.10 Å². The number of para-hydroxylation sites is 1. The first kappa shape index (κ1) is 28.3. The first-order valence-corrected chi connectivity index (χ1v) is 13.1. The summed E-state index contributed by atoms with van der Waals surface area (Å²) in [5.74, 6) is -0.270. The van der Waals surface area contributed by atoms with Crippen molar-refractivity contribution in [2.75, 3.05) is 16.8 Å². The van der Waals surface area contributed by atoms with Crippen molar-refractivity contribution in [1.82, 2.24) is 20.3 Å². The second kappa shape index (κ2) is 12.0. The molecule has 1 aromatic heterocycles. The first-order valence-electron chi connectivity index (χ1n) is 13.1. The summed E-state index contributed by atoms with van der Waals surface area (Å²) in [6, 6.07) is 20.3. The molecular weight excluding hydrogens is 508 g/mol. The number of hydrogen-bond donors (Lipinski definition) is 2. The fraction of sp³-hybridized carbons (Fsp3) is 0.300. The standard InChI is InChI=1S/C30H34N6O4/c1-6-40-24-17-11-21(12-18-24)28(29(39)32-30(3,4)5)36(23-15-13-22(14-16-23)31-20(2)37)27(38)19-35-26-10-8-7-9-25(26)33-34-35/h7-18,28H,6,19H2,1-5H3,(H,31,37)(H,32,39)/t28-/m1/s1. The molecule has 0 saturated heterocycles. The number of nitrogens with one attached hydrogen (secondary N) is 2. The number of benzene rings is 3. The van der Waals surface area contributed by atoms with E-state index < -0.39 is 11.6 Å². The van der Waals surface area contributed by atoms with E-state index in [1.807, 2.05) is 52.0 Å². The van der Waals surface area contributed by atoms with Gasteiger partial charge in [0.1, 0.15) is 23.9 Å². The first-order chi connectivity index (χ1) is 19.1. The Morgan fingerprint density at radius 1 is 0.975 bits per heavy atom. The molecule has 0 unspecified atom stereocenters. The van der Waals surface area contributed by atoms with Crippen molar-refractivity contribution in [3.05, 3.63) is 78.4 Å². The van der Waals surface area contributed by atoms with Crippen molar-refractivity contribution in [1.29, 1.82) is 0 Å². The van der Waals surface area contributed by atoms with Gasteiger partial charge in [0.25, 0.3) is 0 Å². The number of ether oxygens (including phenoxy) is 1. The summed E-state index contributed by atoms with van der Waals surface area (Å²) in [5, 5.41) is 14.1. The van der Waals surface area contributed by atoms with Gasteiger partial charge in [0.05, 0.1) is 12.1 Å². The monoisotopic (exact) mass is 542 g/mol. The van der Waals surface area contributed by atoms with E-state index in [0.29, 0.717) is 40.3 Å². The fourth-order valence-electron chi connectivity index (χ4n) is 4.35. The predicted molar refractivity (Wildman–Crippen MR) is 154 cm³/mol. The molecule has 3 aromatic carbocycles. The molecule has 0 radical (unpaired) electrons. The van der Waals surface area contributed by atoms with Crippen LogP contribution in [0.3, 0.4) is 0 Å².